The first-order valence-electron chi connectivity index (χ1n) is 9.71. The van der Waals surface area contributed by atoms with Gasteiger partial charge in [-0.15, -0.1) is 0 Å². The van der Waals surface area contributed by atoms with E-state index in [9.17, 15) is 14.9 Å². The first-order chi connectivity index (χ1) is 14.1. The molecule has 0 aliphatic rings. The standard InChI is InChI=1S/C23H24N4O2/c1-2-27(16-24)23(29)21(14-17-8-4-3-5-9-17)26-22(28)13-12-18-15-25-20-11-7-6-10-19(18)20/h3-11,15,21,25H,2,12-14H2,1H3,(H,26,28). The van der Waals surface area contributed by atoms with E-state index >= 15 is 0 Å². The van der Waals surface area contributed by atoms with Crippen LogP contribution in [-0.2, 0) is 22.4 Å². The van der Waals surface area contributed by atoms with Gasteiger partial charge in [0.15, 0.2) is 6.19 Å². The highest BCUT2D eigenvalue weighted by Gasteiger charge is 2.25. The van der Waals surface area contributed by atoms with E-state index in [1.807, 2.05) is 67.0 Å². The van der Waals surface area contributed by atoms with Crippen LogP contribution in [-0.4, -0.2) is 34.3 Å². The Morgan fingerprint density at radius 1 is 1.14 bits per heavy atom. The lowest BCUT2D eigenvalue weighted by atomic mass is 10.0. The van der Waals surface area contributed by atoms with Crippen LogP contribution in [0.4, 0.5) is 0 Å². The summed E-state index contributed by atoms with van der Waals surface area (Å²) in [6, 6.07) is 16.7. The van der Waals surface area contributed by atoms with Crippen molar-refractivity contribution in [3.63, 3.8) is 0 Å². The Labute approximate surface area is 170 Å². The number of nitrogens with one attached hydrogen (secondary N) is 2. The lowest BCUT2D eigenvalue weighted by molar-refractivity contribution is -0.133. The number of fused-ring (bicyclic) bond motifs is 1. The van der Waals surface area contributed by atoms with Crippen molar-refractivity contribution in [1.82, 2.24) is 15.2 Å². The maximum atomic E-state index is 12.7. The fraction of sp³-hybridized carbons (Fsp3) is 0.261. The van der Waals surface area contributed by atoms with Gasteiger partial charge in [-0.1, -0.05) is 48.5 Å². The minimum absolute atomic E-state index is 0.210. The van der Waals surface area contributed by atoms with Crippen LogP contribution < -0.4 is 5.32 Å². The van der Waals surface area contributed by atoms with Crippen LogP contribution in [0.15, 0.2) is 60.8 Å². The maximum absolute atomic E-state index is 12.7. The molecule has 1 aromatic heterocycles. The quantitative estimate of drug-likeness (QED) is 0.459. The molecule has 0 saturated carbocycles. The molecule has 148 valence electrons. The third-order valence-corrected chi connectivity index (χ3v) is 4.92. The molecule has 2 amide bonds. The molecule has 0 radical (unpaired) electrons. The lowest BCUT2D eigenvalue weighted by Gasteiger charge is -2.22. The molecule has 3 aromatic rings. The number of likely N-dealkylation sites (N-methyl/N-ethyl adjacent to an activating group) is 1. The topological polar surface area (TPSA) is 89.0 Å². The molecule has 2 N–H and O–H groups in total. The summed E-state index contributed by atoms with van der Waals surface area (Å²) in [4.78, 5) is 29.6. The predicted octanol–water partition coefficient (Wildman–Crippen LogP) is 3.16. The highest BCUT2D eigenvalue weighted by atomic mass is 16.2. The summed E-state index contributed by atoms with van der Waals surface area (Å²) in [5.74, 6) is -0.599. The summed E-state index contributed by atoms with van der Waals surface area (Å²) in [5, 5.41) is 13.1. The molecule has 1 unspecified atom stereocenters. The summed E-state index contributed by atoms with van der Waals surface area (Å²) < 4.78 is 0. The molecular weight excluding hydrogens is 364 g/mol. The fourth-order valence-corrected chi connectivity index (χ4v) is 3.37. The monoisotopic (exact) mass is 388 g/mol. The van der Waals surface area contributed by atoms with E-state index in [1.165, 1.54) is 0 Å². The Morgan fingerprint density at radius 3 is 2.59 bits per heavy atom. The van der Waals surface area contributed by atoms with Crippen LogP contribution in [0.2, 0.25) is 0 Å². The maximum Gasteiger partial charge on any atom is 0.258 e. The molecule has 6 nitrogen and oxygen atoms in total. The molecule has 0 spiro atoms. The van der Waals surface area contributed by atoms with E-state index in [0.29, 0.717) is 12.8 Å². The number of rotatable bonds is 8. The van der Waals surface area contributed by atoms with Crippen molar-refractivity contribution < 1.29 is 9.59 Å². The first kappa shape index (κ1) is 20.2. The molecular formula is C23H24N4O2. The molecule has 6 heteroatoms. The Hall–Kier alpha value is -3.59. The second-order valence-corrected chi connectivity index (χ2v) is 6.85. The number of hydrogen-bond acceptors (Lipinski definition) is 3. The Kier molecular flexibility index (Phi) is 6.64. The molecule has 0 saturated heterocycles. The van der Waals surface area contributed by atoms with E-state index in [1.54, 1.807) is 6.92 Å². The zero-order chi connectivity index (χ0) is 20.6. The summed E-state index contributed by atoms with van der Waals surface area (Å²) >= 11 is 0. The number of aromatic nitrogens is 1. The van der Waals surface area contributed by atoms with Crippen LogP contribution in [0.1, 0.15) is 24.5 Å². The average molecular weight is 388 g/mol. The van der Waals surface area contributed by atoms with Gasteiger partial charge >= 0.3 is 0 Å². The van der Waals surface area contributed by atoms with Gasteiger partial charge in [-0.05, 0) is 30.5 Å². The summed E-state index contributed by atoms with van der Waals surface area (Å²) in [5.41, 5.74) is 3.03. The van der Waals surface area contributed by atoms with E-state index in [4.69, 9.17) is 0 Å². The largest absolute Gasteiger partial charge is 0.361 e. The number of aromatic amines is 1. The van der Waals surface area contributed by atoms with Crippen LogP contribution in [0.25, 0.3) is 10.9 Å². The lowest BCUT2D eigenvalue weighted by Crippen LogP contribution is -2.48. The van der Waals surface area contributed by atoms with Crippen molar-refractivity contribution in [2.24, 2.45) is 0 Å². The number of amides is 2. The zero-order valence-corrected chi connectivity index (χ0v) is 16.4. The number of carbonyl (C=O) groups is 2. The molecule has 0 aliphatic heterocycles. The Balaban J connectivity index is 1.68. The third kappa shape index (κ3) is 5.02. The van der Waals surface area contributed by atoms with Crippen LogP contribution in [0, 0.1) is 11.5 Å². The van der Waals surface area contributed by atoms with Gasteiger partial charge in [0.2, 0.25) is 5.91 Å². The highest BCUT2D eigenvalue weighted by molar-refractivity contribution is 5.89. The van der Waals surface area contributed by atoms with Gasteiger partial charge in [0, 0.05) is 36.5 Å². The van der Waals surface area contributed by atoms with E-state index < -0.39 is 6.04 Å². The Bertz CT molecular complexity index is 1020. The minimum atomic E-state index is -0.771. The number of nitrogens with zero attached hydrogens (tertiary/aromatic N) is 2. The van der Waals surface area contributed by atoms with Gasteiger partial charge in [-0.25, -0.2) is 4.90 Å². The summed E-state index contributed by atoms with van der Waals surface area (Å²) in [6.45, 7) is 2.01. The molecule has 0 aliphatic carbocycles. The SMILES string of the molecule is CCN(C#N)C(=O)C(Cc1ccccc1)NC(=O)CCc1c[nH]c2ccccc12. The molecule has 1 atom stereocenters. The van der Waals surface area contributed by atoms with Gasteiger partial charge in [-0.2, -0.15) is 5.26 Å². The van der Waals surface area contributed by atoms with Crippen molar-refractivity contribution in [2.75, 3.05) is 6.54 Å². The van der Waals surface area contributed by atoms with Gasteiger partial charge in [0.1, 0.15) is 6.04 Å². The molecule has 29 heavy (non-hydrogen) atoms. The number of para-hydroxylation sites is 1. The second kappa shape index (κ2) is 9.56. The van der Waals surface area contributed by atoms with E-state index in [2.05, 4.69) is 10.3 Å². The summed E-state index contributed by atoms with van der Waals surface area (Å²) in [6.07, 6.45) is 4.98. The van der Waals surface area contributed by atoms with Crippen molar-refractivity contribution in [2.45, 2.75) is 32.2 Å². The molecule has 0 bridgehead atoms. The average Bonchev–Trinajstić information content (AvgIpc) is 3.16. The smallest absolute Gasteiger partial charge is 0.258 e. The molecule has 3 rings (SSSR count). The minimum Gasteiger partial charge on any atom is -0.361 e. The number of nitriles is 1. The van der Waals surface area contributed by atoms with Gasteiger partial charge in [-0.3, -0.25) is 9.59 Å². The highest BCUT2D eigenvalue weighted by Crippen LogP contribution is 2.19. The van der Waals surface area contributed by atoms with Gasteiger partial charge < -0.3 is 10.3 Å². The van der Waals surface area contributed by atoms with Crippen molar-refractivity contribution >= 4 is 22.7 Å². The number of benzene rings is 2. The molecule has 0 fully saturated rings. The number of carbonyl (C=O) groups excluding carboxylic acids is 2. The number of aryl methyl sites for hydroxylation is 1. The Morgan fingerprint density at radius 2 is 1.86 bits per heavy atom. The zero-order valence-electron chi connectivity index (χ0n) is 16.4. The van der Waals surface area contributed by atoms with Gasteiger partial charge in [0.05, 0.1) is 0 Å². The van der Waals surface area contributed by atoms with Crippen molar-refractivity contribution in [1.29, 1.82) is 5.26 Å². The first-order valence-corrected chi connectivity index (χ1v) is 9.71. The van der Waals surface area contributed by atoms with Crippen LogP contribution >= 0.6 is 0 Å². The van der Waals surface area contributed by atoms with E-state index in [0.717, 1.165) is 26.9 Å². The summed E-state index contributed by atoms with van der Waals surface area (Å²) in [7, 11) is 0. The normalized spacial score (nSPS) is 11.6. The fourth-order valence-electron chi connectivity index (χ4n) is 3.37. The molecule has 2 aromatic carbocycles. The van der Waals surface area contributed by atoms with Crippen molar-refractivity contribution in [3.8, 4) is 6.19 Å². The van der Waals surface area contributed by atoms with E-state index in [-0.39, 0.29) is 24.8 Å². The third-order valence-electron chi connectivity index (χ3n) is 4.92. The number of H-pyrrole nitrogens is 1. The molecule has 1 heterocycles. The predicted molar refractivity (Wildman–Crippen MR) is 112 cm³/mol. The second-order valence-electron chi connectivity index (χ2n) is 6.85. The number of hydrogen-bond donors (Lipinski definition) is 2. The van der Waals surface area contributed by atoms with Crippen molar-refractivity contribution in [3.05, 3.63) is 71.9 Å². The van der Waals surface area contributed by atoms with Crippen LogP contribution in [0.3, 0.4) is 0 Å². The van der Waals surface area contributed by atoms with Crippen LogP contribution in [0.5, 0.6) is 0 Å². The van der Waals surface area contributed by atoms with Gasteiger partial charge in [0.25, 0.3) is 5.91 Å².